The first kappa shape index (κ1) is 16.1. The van der Waals surface area contributed by atoms with E-state index in [2.05, 4.69) is 24.1 Å². The monoisotopic (exact) mass is 309 g/mol. The van der Waals surface area contributed by atoms with Crippen molar-refractivity contribution in [1.29, 1.82) is 0 Å². The number of carbonyl (C=O) groups is 1. The molecule has 116 valence electrons. The lowest BCUT2D eigenvalue weighted by Crippen LogP contribution is -2.36. The molecule has 2 unspecified atom stereocenters. The molecule has 1 aromatic rings. The zero-order valence-electron chi connectivity index (χ0n) is 12.7. The predicted molar refractivity (Wildman–Crippen MR) is 88.6 cm³/mol. The van der Waals surface area contributed by atoms with Gasteiger partial charge in [0.2, 0.25) is 5.91 Å². The molecule has 3 N–H and O–H groups in total. The highest BCUT2D eigenvalue weighted by atomic mass is 35.5. The van der Waals surface area contributed by atoms with Gasteiger partial charge in [0.15, 0.2) is 0 Å². The van der Waals surface area contributed by atoms with Gasteiger partial charge in [0.05, 0.1) is 10.7 Å². The van der Waals surface area contributed by atoms with Crippen LogP contribution in [-0.4, -0.2) is 29.4 Å². The minimum Gasteiger partial charge on any atom is -0.399 e. The average Bonchev–Trinajstić information content (AvgIpc) is 2.80. The highest BCUT2D eigenvalue weighted by Crippen LogP contribution is 2.27. The first-order chi connectivity index (χ1) is 10.0. The number of likely N-dealkylation sites (tertiary alicyclic amines) is 1. The van der Waals surface area contributed by atoms with Crippen LogP contribution in [0.25, 0.3) is 0 Å². The molecule has 4 nitrogen and oxygen atoms in total. The number of anilines is 2. The van der Waals surface area contributed by atoms with Gasteiger partial charge in [-0.15, -0.1) is 0 Å². The van der Waals surface area contributed by atoms with Crippen LogP contribution in [0.5, 0.6) is 0 Å². The number of halogens is 1. The number of hydrogen-bond donors (Lipinski definition) is 2. The van der Waals surface area contributed by atoms with Gasteiger partial charge in [-0.1, -0.05) is 18.5 Å². The summed E-state index contributed by atoms with van der Waals surface area (Å²) >= 11 is 6.06. The molecule has 2 rings (SSSR count). The average molecular weight is 310 g/mol. The van der Waals surface area contributed by atoms with Gasteiger partial charge in [-0.2, -0.15) is 0 Å². The van der Waals surface area contributed by atoms with Crippen molar-refractivity contribution in [2.45, 2.75) is 51.6 Å². The molecule has 1 aliphatic heterocycles. The summed E-state index contributed by atoms with van der Waals surface area (Å²) in [4.78, 5) is 14.5. The van der Waals surface area contributed by atoms with Crippen molar-refractivity contribution in [3.63, 3.8) is 0 Å². The molecular formula is C16H24ClN3O. The molecule has 1 aliphatic rings. The molecule has 0 aromatic heterocycles. The molecule has 0 spiro atoms. The Bertz CT molecular complexity index is 506. The Kier molecular flexibility index (Phi) is 5.48. The number of amides is 1. The number of rotatable bonds is 5. The van der Waals surface area contributed by atoms with E-state index in [9.17, 15) is 4.79 Å². The smallest absolute Gasteiger partial charge is 0.225 e. The lowest BCUT2D eigenvalue weighted by Gasteiger charge is -2.27. The summed E-state index contributed by atoms with van der Waals surface area (Å²) in [6.45, 7) is 5.26. The maximum atomic E-state index is 12.1. The van der Waals surface area contributed by atoms with E-state index in [1.807, 2.05) is 0 Å². The molecule has 1 saturated heterocycles. The van der Waals surface area contributed by atoms with Crippen LogP contribution in [0.3, 0.4) is 0 Å². The molecule has 1 heterocycles. The minimum absolute atomic E-state index is 0.00405. The summed E-state index contributed by atoms with van der Waals surface area (Å²) in [6.07, 6.45) is 4.10. The third-order valence-electron chi connectivity index (χ3n) is 4.29. The molecule has 0 saturated carbocycles. The minimum atomic E-state index is -0.00405. The van der Waals surface area contributed by atoms with Crippen molar-refractivity contribution in [3.05, 3.63) is 23.2 Å². The molecule has 0 aliphatic carbocycles. The zero-order valence-corrected chi connectivity index (χ0v) is 13.5. The van der Waals surface area contributed by atoms with Crippen LogP contribution in [0.1, 0.15) is 39.5 Å². The quantitative estimate of drug-likeness (QED) is 0.818. The van der Waals surface area contributed by atoms with Crippen molar-refractivity contribution in [2.24, 2.45) is 0 Å². The highest BCUT2D eigenvalue weighted by Gasteiger charge is 2.29. The van der Waals surface area contributed by atoms with Crippen molar-refractivity contribution in [1.82, 2.24) is 4.90 Å². The topological polar surface area (TPSA) is 58.4 Å². The lowest BCUT2D eigenvalue weighted by atomic mass is 10.1. The third-order valence-corrected chi connectivity index (χ3v) is 4.60. The molecular weight excluding hydrogens is 286 g/mol. The number of nitrogens with one attached hydrogen (secondary N) is 1. The first-order valence-electron chi connectivity index (χ1n) is 7.62. The van der Waals surface area contributed by atoms with Gasteiger partial charge in [-0.25, -0.2) is 0 Å². The molecule has 21 heavy (non-hydrogen) atoms. The molecule has 1 amide bonds. The predicted octanol–water partition coefficient (Wildman–Crippen LogP) is 3.51. The van der Waals surface area contributed by atoms with Gasteiger partial charge in [0, 0.05) is 30.7 Å². The Morgan fingerprint density at radius 1 is 1.48 bits per heavy atom. The zero-order chi connectivity index (χ0) is 15.4. The summed E-state index contributed by atoms with van der Waals surface area (Å²) < 4.78 is 0. The summed E-state index contributed by atoms with van der Waals surface area (Å²) in [5.41, 5.74) is 6.86. The van der Waals surface area contributed by atoms with Gasteiger partial charge in [0.1, 0.15) is 0 Å². The van der Waals surface area contributed by atoms with E-state index < -0.39 is 0 Å². The third kappa shape index (κ3) is 4.11. The SMILES string of the molecule is CCC1CCC(C)N1CCC(=O)Nc1ccc(N)cc1Cl. The van der Waals surface area contributed by atoms with E-state index in [1.54, 1.807) is 18.2 Å². The van der Waals surface area contributed by atoms with Gasteiger partial charge < -0.3 is 11.1 Å². The van der Waals surface area contributed by atoms with Crippen LogP contribution >= 0.6 is 11.6 Å². The van der Waals surface area contributed by atoms with Crippen LogP contribution in [0.4, 0.5) is 11.4 Å². The second-order valence-electron chi connectivity index (χ2n) is 5.76. The summed E-state index contributed by atoms with van der Waals surface area (Å²) in [5, 5.41) is 3.33. The number of benzene rings is 1. The second kappa shape index (κ2) is 7.14. The number of nitrogens with zero attached hydrogens (tertiary/aromatic N) is 1. The number of nitrogen functional groups attached to an aromatic ring is 1. The Labute approximate surface area is 131 Å². The maximum Gasteiger partial charge on any atom is 0.225 e. The standard InChI is InChI=1S/C16H24ClN3O/c1-3-13-6-4-11(2)20(13)9-8-16(21)19-15-7-5-12(18)10-14(15)17/h5,7,10-11,13H,3-4,6,8-9,18H2,1-2H3,(H,19,21). The molecule has 1 fully saturated rings. The molecule has 0 radical (unpaired) electrons. The summed E-state index contributed by atoms with van der Waals surface area (Å²) in [6, 6.07) is 6.31. The van der Waals surface area contributed by atoms with E-state index in [4.69, 9.17) is 17.3 Å². The van der Waals surface area contributed by atoms with Crippen molar-refractivity contribution in [2.75, 3.05) is 17.6 Å². The Morgan fingerprint density at radius 3 is 2.90 bits per heavy atom. The van der Waals surface area contributed by atoms with Crippen LogP contribution in [-0.2, 0) is 4.79 Å². The van der Waals surface area contributed by atoms with Crippen molar-refractivity contribution >= 4 is 28.9 Å². The van der Waals surface area contributed by atoms with Crippen LogP contribution < -0.4 is 11.1 Å². The number of hydrogen-bond acceptors (Lipinski definition) is 3. The molecule has 2 atom stereocenters. The molecule has 5 heteroatoms. The highest BCUT2D eigenvalue weighted by molar-refractivity contribution is 6.34. The molecule has 1 aromatic carbocycles. The van der Waals surface area contributed by atoms with E-state index in [-0.39, 0.29) is 5.91 Å². The van der Waals surface area contributed by atoms with E-state index >= 15 is 0 Å². The Hall–Kier alpha value is -1.26. The maximum absolute atomic E-state index is 12.1. The largest absolute Gasteiger partial charge is 0.399 e. The van der Waals surface area contributed by atoms with Gasteiger partial charge in [0.25, 0.3) is 0 Å². The van der Waals surface area contributed by atoms with Crippen LogP contribution in [0, 0.1) is 0 Å². The van der Waals surface area contributed by atoms with E-state index in [0.717, 1.165) is 13.0 Å². The molecule has 0 bridgehead atoms. The summed E-state index contributed by atoms with van der Waals surface area (Å²) in [7, 11) is 0. The fraction of sp³-hybridized carbons (Fsp3) is 0.562. The van der Waals surface area contributed by atoms with E-state index in [0.29, 0.717) is 34.9 Å². The van der Waals surface area contributed by atoms with Crippen molar-refractivity contribution < 1.29 is 4.79 Å². The van der Waals surface area contributed by atoms with Crippen molar-refractivity contribution in [3.8, 4) is 0 Å². The Balaban J connectivity index is 1.87. The normalized spacial score (nSPS) is 22.4. The summed E-state index contributed by atoms with van der Waals surface area (Å²) in [5.74, 6) is -0.00405. The van der Waals surface area contributed by atoms with Crippen LogP contribution in [0.15, 0.2) is 18.2 Å². The number of nitrogens with two attached hydrogens (primary N) is 1. The van der Waals surface area contributed by atoms with E-state index in [1.165, 1.54) is 12.8 Å². The fourth-order valence-electron chi connectivity index (χ4n) is 3.04. The first-order valence-corrected chi connectivity index (χ1v) is 7.99. The second-order valence-corrected chi connectivity index (χ2v) is 6.17. The fourth-order valence-corrected chi connectivity index (χ4v) is 3.28. The van der Waals surface area contributed by atoms with Gasteiger partial charge in [-0.3, -0.25) is 9.69 Å². The number of carbonyl (C=O) groups excluding carboxylic acids is 1. The Morgan fingerprint density at radius 2 is 2.24 bits per heavy atom. The van der Waals surface area contributed by atoms with Gasteiger partial charge >= 0.3 is 0 Å². The van der Waals surface area contributed by atoms with Gasteiger partial charge in [-0.05, 0) is 44.4 Å². The lowest BCUT2D eigenvalue weighted by molar-refractivity contribution is -0.116. The van der Waals surface area contributed by atoms with Crippen LogP contribution in [0.2, 0.25) is 5.02 Å².